The van der Waals surface area contributed by atoms with E-state index < -0.39 is 0 Å². The molecule has 3 N–H and O–H groups in total. The monoisotopic (exact) mass is 206 g/mol. The van der Waals surface area contributed by atoms with Crippen LogP contribution in [-0.2, 0) is 0 Å². The first kappa shape index (κ1) is 10.1. The van der Waals surface area contributed by atoms with E-state index in [1.807, 2.05) is 18.2 Å². The lowest BCUT2D eigenvalue weighted by molar-refractivity contribution is 0.415. The third-order valence-corrected chi connectivity index (χ3v) is 2.83. The molecular weight excluding hydrogens is 188 g/mol. The smallest absolute Gasteiger partial charge is 0.121 e. The SMILES string of the molecule is COc1ccc(N)c(NCCC2CC2)c1. The minimum atomic E-state index is 0.784. The molecule has 0 saturated heterocycles. The van der Waals surface area contributed by atoms with Crippen LogP contribution in [0.2, 0.25) is 0 Å². The molecule has 1 aromatic rings. The summed E-state index contributed by atoms with van der Waals surface area (Å²) in [4.78, 5) is 0. The van der Waals surface area contributed by atoms with Crippen LogP contribution in [0.25, 0.3) is 0 Å². The zero-order valence-electron chi connectivity index (χ0n) is 9.12. The number of ether oxygens (including phenoxy) is 1. The molecule has 0 bridgehead atoms. The molecule has 0 atom stereocenters. The van der Waals surface area contributed by atoms with Gasteiger partial charge in [-0.2, -0.15) is 0 Å². The Labute approximate surface area is 90.6 Å². The molecule has 1 fully saturated rings. The van der Waals surface area contributed by atoms with Gasteiger partial charge < -0.3 is 15.8 Å². The molecule has 0 aliphatic heterocycles. The third kappa shape index (κ3) is 2.78. The summed E-state index contributed by atoms with van der Waals surface area (Å²) in [7, 11) is 1.67. The quantitative estimate of drug-likeness (QED) is 0.728. The first-order chi connectivity index (χ1) is 7.29. The Morgan fingerprint density at radius 3 is 2.93 bits per heavy atom. The molecule has 1 saturated carbocycles. The van der Waals surface area contributed by atoms with Crippen molar-refractivity contribution in [2.75, 3.05) is 24.7 Å². The molecule has 82 valence electrons. The van der Waals surface area contributed by atoms with Crippen LogP contribution in [0.1, 0.15) is 19.3 Å². The molecule has 2 rings (SSSR count). The highest BCUT2D eigenvalue weighted by Crippen LogP contribution is 2.32. The Kier molecular flexibility index (Phi) is 2.99. The summed E-state index contributed by atoms with van der Waals surface area (Å²) in [5.74, 6) is 1.79. The first-order valence-electron chi connectivity index (χ1n) is 5.47. The second-order valence-electron chi connectivity index (χ2n) is 4.11. The van der Waals surface area contributed by atoms with Gasteiger partial charge in [0.25, 0.3) is 0 Å². The molecule has 3 nitrogen and oxygen atoms in total. The van der Waals surface area contributed by atoms with Crippen LogP contribution in [0.3, 0.4) is 0 Å². The normalized spacial score (nSPS) is 15.0. The number of nitrogens with one attached hydrogen (secondary N) is 1. The predicted molar refractivity (Wildman–Crippen MR) is 63.2 cm³/mol. The number of rotatable bonds is 5. The van der Waals surface area contributed by atoms with E-state index in [0.717, 1.165) is 29.6 Å². The topological polar surface area (TPSA) is 47.3 Å². The highest BCUT2D eigenvalue weighted by molar-refractivity contribution is 5.68. The number of hydrogen-bond acceptors (Lipinski definition) is 3. The van der Waals surface area contributed by atoms with Crippen LogP contribution >= 0.6 is 0 Å². The molecule has 1 aromatic carbocycles. The Bertz CT molecular complexity index is 334. The molecule has 1 aliphatic rings. The van der Waals surface area contributed by atoms with Gasteiger partial charge in [-0.15, -0.1) is 0 Å². The van der Waals surface area contributed by atoms with Gasteiger partial charge in [0.15, 0.2) is 0 Å². The standard InChI is InChI=1S/C12H18N2O/c1-15-10-4-5-11(13)12(8-10)14-7-6-9-2-3-9/h4-5,8-9,14H,2-3,6-7,13H2,1H3. The average molecular weight is 206 g/mol. The largest absolute Gasteiger partial charge is 0.497 e. The maximum Gasteiger partial charge on any atom is 0.121 e. The van der Waals surface area contributed by atoms with Gasteiger partial charge in [-0.25, -0.2) is 0 Å². The number of nitrogens with two attached hydrogens (primary N) is 1. The fourth-order valence-electron chi connectivity index (χ4n) is 1.63. The van der Waals surface area contributed by atoms with Gasteiger partial charge in [-0.1, -0.05) is 12.8 Å². The minimum Gasteiger partial charge on any atom is -0.497 e. The maximum absolute atomic E-state index is 5.86. The lowest BCUT2D eigenvalue weighted by atomic mass is 10.2. The van der Waals surface area contributed by atoms with Gasteiger partial charge in [0, 0.05) is 12.6 Å². The third-order valence-electron chi connectivity index (χ3n) is 2.83. The summed E-state index contributed by atoms with van der Waals surface area (Å²) >= 11 is 0. The number of methoxy groups -OCH3 is 1. The molecule has 0 spiro atoms. The average Bonchev–Trinajstić information content (AvgIpc) is 3.05. The van der Waals surface area contributed by atoms with Gasteiger partial charge in [-0.05, 0) is 24.5 Å². The Balaban J connectivity index is 1.92. The second kappa shape index (κ2) is 4.43. The summed E-state index contributed by atoms with van der Waals surface area (Å²) in [6.45, 7) is 1.00. The zero-order chi connectivity index (χ0) is 10.7. The van der Waals surface area contributed by atoms with Crippen LogP contribution in [0, 0.1) is 5.92 Å². The van der Waals surface area contributed by atoms with Crippen molar-refractivity contribution < 1.29 is 4.74 Å². The molecular formula is C12H18N2O. The van der Waals surface area contributed by atoms with Crippen LogP contribution < -0.4 is 15.8 Å². The van der Waals surface area contributed by atoms with Gasteiger partial charge >= 0.3 is 0 Å². The number of benzene rings is 1. The van der Waals surface area contributed by atoms with Crippen molar-refractivity contribution in [2.45, 2.75) is 19.3 Å². The summed E-state index contributed by atoms with van der Waals surface area (Å²) in [6, 6.07) is 5.70. The van der Waals surface area contributed by atoms with Crippen molar-refractivity contribution in [2.24, 2.45) is 5.92 Å². The van der Waals surface area contributed by atoms with E-state index in [-0.39, 0.29) is 0 Å². The van der Waals surface area contributed by atoms with Crippen LogP contribution in [-0.4, -0.2) is 13.7 Å². The van der Waals surface area contributed by atoms with E-state index in [2.05, 4.69) is 5.32 Å². The van der Waals surface area contributed by atoms with Gasteiger partial charge in [0.05, 0.1) is 18.5 Å². The summed E-state index contributed by atoms with van der Waals surface area (Å²) in [6.07, 6.45) is 4.04. The maximum atomic E-state index is 5.86. The molecule has 0 amide bonds. The van der Waals surface area contributed by atoms with Gasteiger partial charge in [0.1, 0.15) is 5.75 Å². The highest BCUT2D eigenvalue weighted by atomic mass is 16.5. The van der Waals surface area contributed by atoms with E-state index in [4.69, 9.17) is 10.5 Å². The van der Waals surface area contributed by atoms with E-state index in [9.17, 15) is 0 Å². The molecule has 15 heavy (non-hydrogen) atoms. The van der Waals surface area contributed by atoms with Crippen molar-refractivity contribution in [1.29, 1.82) is 0 Å². The van der Waals surface area contributed by atoms with Crippen molar-refractivity contribution in [1.82, 2.24) is 0 Å². The Morgan fingerprint density at radius 1 is 1.47 bits per heavy atom. The van der Waals surface area contributed by atoms with Crippen LogP contribution in [0.5, 0.6) is 5.75 Å². The molecule has 0 aromatic heterocycles. The highest BCUT2D eigenvalue weighted by Gasteiger charge is 2.20. The minimum absolute atomic E-state index is 0.784. The van der Waals surface area contributed by atoms with E-state index in [1.54, 1.807) is 7.11 Å². The molecule has 0 radical (unpaired) electrons. The van der Waals surface area contributed by atoms with Crippen LogP contribution in [0.4, 0.5) is 11.4 Å². The molecule has 0 heterocycles. The number of anilines is 2. The lowest BCUT2D eigenvalue weighted by Gasteiger charge is -2.10. The van der Waals surface area contributed by atoms with Gasteiger partial charge in [0.2, 0.25) is 0 Å². The molecule has 0 unspecified atom stereocenters. The summed E-state index contributed by atoms with van der Waals surface area (Å²) in [5, 5.41) is 3.35. The number of nitrogen functional groups attached to an aromatic ring is 1. The fraction of sp³-hybridized carbons (Fsp3) is 0.500. The van der Waals surface area contributed by atoms with Crippen molar-refractivity contribution in [3.63, 3.8) is 0 Å². The molecule has 3 heteroatoms. The number of hydrogen-bond donors (Lipinski definition) is 2. The van der Waals surface area contributed by atoms with Gasteiger partial charge in [-0.3, -0.25) is 0 Å². The van der Waals surface area contributed by atoms with Crippen molar-refractivity contribution in [3.05, 3.63) is 18.2 Å². The van der Waals surface area contributed by atoms with E-state index in [1.165, 1.54) is 19.3 Å². The predicted octanol–water partition coefficient (Wildman–Crippen LogP) is 2.49. The van der Waals surface area contributed by atoms with E-state index in [0.29, 0.717) is 0 Å². The van der Waals surface area contributed by atoms with E-state index >= 15 is 0 Å². The summed E-state index contributed by atoms with van der Waals surface area (Å²) in [5.41, 5.74) is 7.62. The lowest BCUT2D eigenvalue weighted by Crippen LogP contribution is -2.05. The zero-order valence-corrected chi connectivity index (χ0v) is 9.12. The first-order valence-corrected chi connectivity index (χ1v) is 5.47. The van der Waals surface area contributed by atoms with Crippen molar-refractivity contribution in [3.8, 4) is 5.75 Å². The van der Waals surface area contributed by atoms with Crippen LogP contribution in [0.15, 0.2) is 18.2 Å². The molecule has 1 aliphatic carbocycles. The Morgan fingerprint density at radius 2 is 2.27 bits per heavy atom. The summed E-state index contributed by atoms with van der Waals surface area (Å²) < 4.78 is 5.15. The Hall–Kier alpha value is -1.38. The fourth-order valence-corrected chi connectivity index (χ4v) is 1.63. The van der Waals surface area contributed by atoms with Crippen molar-refractivity contribution >= 4 is 11.4 Å². The second-order valence-corrected chi connectivity index (χ2v) is 4.11.